The fraction of sp³-hybridized carbons (Fsp3) is 0.267. The topological polar surface area (TPSA) is 79.7 Å². The quantitative estimate of drug-likeness (QED) is 0.937. The van der Waals surface area contributed by atoms with E-state index in [1.807, 2.05) is 16.8 Å². The summed E-state index contributed by atoms with van der Waals surface area (Å²) in [6.45, 7) is 1.48. The van der Waals surface area contributed by atoms with Gasteiger partial charge in [0.15, 0.2) is 0 Å². The zero-order valence-corrected chi connectivity index (χ0v) is 12.5. The predicted molar refractivity (Wildman–Crippen MR) is 80.1 cm³/mol. The van der Waals surface area contributed by atoms with Crippen molar-refractivity contribution in [2.45, 2.75) is 6.10 Å². The van der Waals surface area contributed by atoms with Gasteiger partial charge in [-0.1, -0.05) is 0 Å². The van der Waals surface area contributed by atoms with E-state index >= 15 is 0 Å². The van der Waals surface area contributed by atoms with E-state index in [1.165, 1.54) is 18.3 Å². The normalized spacial score (nSPS) is 18.2. The van der Waals surface area contributed by atoms with Gasteiger partial charge in [0.1, 0.15) is 11.8 Å². The zero-order valence-electron chi connectivity index (χ0n) is 11.6. The van der Waals surface area contributed by atoms with Crippen molar-refractivity contribution in [1.29, 1.82) is 0 Å². The number of carbonyl (C=O) groups is 2. The van der Waals surface area contributed by atoms with Crippen LogP contribution in [0, 0.1) is 0 Å². The third kappa shape index (κ3) is 3.00. The number of pyridine rings is 1. The molecule has 1 amide bonds. The van der Waals surface area contributed by atoms with Gasteiger partial charge in [0.25, 0.3) is 5.91 Å². The molecule has 22 heavy (non-hydrogen) atoms. The first kappa shape index (κ1) is 14.7. The predicted octanol–water partition coefficient (Wildman–Crippen LogP) is 2.06. The number of carbonyl (C=O) groups excluding carboxylic acids is 1. The van der Waals surface area contributed by atoms with E-state index in [0.717, 1.165) is 5.56 Å². The number of nitrogens with zero attached hydrogens (tertiary/aromatic N) is 2. The van der Waals surface area contributed by atoms with Crippen LogP contribution in [-0.4, -0.2) is 46.6 Å². The van der Waals surface area contributed by atoms with Crippen LogP contribution in [0.25, 0.3) is 0 Å². The van der Waals surface area contributed by atoms with E-state index < -0.39 is 5.97 Å². The summed E-state index contributed by atoms with van der Waals surface area (Å²) in [4.78, 5) is 28.8. The lowest BCUT2D eigenvalue weighted by Crippen LogP contribution is -2.42. The Balaban J connectivity index is 1.72. The van der Waals surface area contributed by atoms with Gasteiger partial charge in [-0.2, -0.15) is 11.3 Å². The molecule has 1 fully saturated rings. The summed E-state index contributed by atoms with van der Waals surface area (Å²) in [7, 11) is 0. The molecule has 0 aromatic carbocycles. The molecular formula is C15H14N2O4S. The van der Waals surface area contributed by atoms with Crippen molar-refractivity contribution >= 4 is 23.2 Å². The molecule has 1 N–H and O–H groups in total. The average molecular weight is 318 g/mol. The fourth-order valence-corrected chi connectivity index (χ4v) is 3.02. The first-order valence-electron chi connectivity index (χ1n) is 6.77. The van der Waals surface area contributed by atoms with Gasteiger partial charge in [-0.25, -0.2) is 9.78 Å². The molecule has 1 aliphatic heterocycles. The zero-order chi connectivity index (χ0) is 15.5. The maximum absolute atomic E-state index is 12.5. The molecule has 0 saturated carbocycles. The molecule has 6 nitrogen and oxygen atoms in total. The van der Waals surface area contributed by atoms with Crippen LogP contribution in [0.2, 0.25) is 0 Å². The Labute approximate surface area is 131 Å². The van der Waals surface area contributed by atoms with Crippen molar-refractivity contribution in [3.05, 3.63) is 52.0 Å². The molecule has 3 heterocycles. The SMILES string of the molecule is O=C(O)c1ccc(C(=O)N2CCOC(c3ccsc3)C2)cn1. The van der Waals surface area contributed by atoms with E-state index in [-0.39, 0.29) is 17.7 Å². The van der Waals surface area contributed by atoms with Gasteiger partial charge in [0.05, 0.1) is 18.7 Å². The Morgan fingerprint density at radius 2 is 2.23 bits per heavy atom. The number of morpholine rings is 1. The highest BCUT2D eigenvalue weighted by atomic mass is 32.1. The third-order valence-corrected chi connectivity index (χ3v) is 4.20. The number of hydrogen-bond acceptors (Lipinski definition) is 5. The molecule has 7 heteroatoms. The molecule has 0 bridgehead atoms. The molecule has 1 saturated heterocycles. The molecule has 2 aromatic rings. The maximum Gasteiger partial charge on any atom is 0.354 e. The minimum atomic E-state index is -1.11. The molecule has 3 rings (SSSR count). The van der Waals surface area contributed by atoms with Crippen LogP contribution in [0.3, 0.4) is 0 Å². The molecular weight excluding hydrogens is 304 g/mol. The Hall–Kier alpha value is -2.25. The summed E-state index contributed by atoms with van der Waals surface area (Å²) in [5.74, 6) is -1.27. The number of aromatic nitrogens is 1. The van der Waals surface area contributed by atoms with Gasteiger partial charge in [0.2, 0.25) is 0 Å². The van der Waals surface area contributed by atoms with E-state index in [1.54, 1.807) is 16.2 Å². The third-order valence-electron chi connectivity index (χ3n) is 3.50. The minimum Gasteiger partial charge on any atom is -0.477 e. The van der Waals surface area contributed by atoms with E-state index in [2.05, 4.69) is 4.98 Å². The average Bonchev–Trinajstić information content (AvgIpc) is 3.09. The maximum atomic E-state index is 12.5. The van der Waals surface area contributed by atoms with Crippen LogP contribution in [0.5, 0.6) is 0 Å². The molecule has 1 aliphatic rings. The monoisotopic (exact) mass is 318 g/mol. The molecule has 0 aliphatic carbocycles. The van der Waals surface area contributed by atoms with E-state index in [0.29, 0.717) is 25.3 Å². The van der Waals surface area contributed by atoms with Crippen molar-refractivity contribution in [3.63, 3.8) is 0 Å². The molecule has 0 radical (unpaired) electrons. The summed E-state index contributed by atoms with van der Waals surface area (Å²) in [6, 6.07) is 4.83. The van der Waals surface area contributed by atoms with Crippen molar-refractivity contribution in [1.82, 2.24) is 9.88 Å². The van der Waals surface area contributed by atoms with Gasteiger partial charge in [-0.3, -0.25) is 4.79 Å². The number of ether oxygens (including phenoxy) is 1. The number of carboxylic acid groups (broad SMARTS) is 1. The first-order chi connectivity index (χ1) is 10.6. The van der Waals surface area contributed by atoms with E-state index in [4.69, 9.17) is 9.84 Å². The Morgan fingerprint density at radius 1 is 1.36 bits per heavy atom. The van der Waals surface area contributed by atoms with Gasteiger partial charge >= 0.3 is 5.97 Å². The van der Waals surface area contributed by atoms with Crippen molar-refractivity contribution in [2.24, 2.45) is 0 Å². The number of amides is 1. The van der Waals surface area contributed by atoms with Crippen molar-refractivity contribution in [3.8, 4) is 0 Å². The molecule has 0 spiro atoms. The molecule has 1 unspecified atom stereocenters. The molecule has 114 valence electrons. The van der Waals surface area contributed by atoms with Crippen LogP contribution in [0.4, 0.5) is 0 Å². The van der Waals surface area contributed by atoms with Crippen LogP contribution in [-0.2, 0) is 4.74 Å². The molecule has 2 aromatic heterocycles. The Bertz CT molecular complexity index is 669. The highest BCUT2D eigenvalue weighted by Crippen LogP contribution is 2.24. The first-order valence-corrected chi connectivity index (χ1v) is 7.72. The van der Waals surface area contributed by atoms with Gasteiger partial charge in [-0.15, -0.1) is 0 Å². The standard InChI is InChI=1S/C15H14N2O4S/c18-14(10-1-2-12(15(19)20)16-7-10)17-4-5-21-13(8-17)11-3-6-22-9-11/h1-3,6-7,9,13H,4-5,8H2,(H,19,20). The van der Waals surface area contributed by atoms with Gasteiger partial charge < -0.3 is 14.7 Å². The largest absolute Gasteiger partial charge is 0.477 e. The lowest BCUT2D eigenvalue weighted by molar-refractivity contribution is -0.0226. The van der Waals surface area contributed by atoms with Crippen molar-refractivity contribution < 1.29 is 19.4 Å². The van der Waals surface area contributed by atoms with Gasteiger partial charge in [0, 0.05) is 12.7 Å². The Morgan fingerprint density at radius 3 is 2.86 bits per heavy atom. The minimum absolute atomic E-state index is 0.0744. The van der Waals surface area contributed by atoms with Crippen molar-refractivity contribution in [2.75, 3.05) is 19.7 Å². The number of thiophene rings is 1. The summed E-state index contributed by atoms with van der Waals surface area (Å²) >= 11 is 1.59. The van der Waals surface area contributed by atoms with Crippen LogP contribution in [0.15, 0.2) is 35.2 Å². The second-order valence-electron chi connectivity index (χ2n) is 4.90. The van der Waals surface area contributed by atoms with Crippen LogP contribution >= 0.6 is 11.3 Å². The van der Waals surface area contributed by atoms with Crippen LogP contribution < -0.4 is 0 Å². The number of aromatic carboxylic acids is 1. The highest BCUT2D eigenvalue weighted by Gasteiger charge is 2.26. The summed E-state index contributed by atoms with van der Waals surface area (Å²) in [5.41, 5.74) is 1.38. The van der Waals surface area contributed by atoms with E-state index in [9.17, 15) is 9.59 Å². The Kier molecular flexibility index (Phi) is 4.17. The second-order valence-corrected chi connectivity index (χ2v) is 5.68. The molecule has 1 atom stereocenters. The lowest BCUT2D eigenvalue weighted by atomic mass is 10.1. The summed E-state index contributed by atoms with van der Waals surface area (Å²) < 4.78 is 5.71. The highest BCUT2D eigenvalue weighted by molar-refractivity contribution is 7.07. The number of hydrogen-bond donors (Lipinski definition) is 1. The smallest absolute Gasteiger partial charge is 0.354 e. The van der Waals surface area contributed by atoms with Crippen LogP contribution in [0.1, 0.15) is 32.5 Å². The van der Waals surface area contributed by atoms with Gasteiger partial charge in [-0.05, 0) is 34.5 Å². The fourth-order valence-electron chi connectivity index (χ4n) is 2.32. The lowest BCUT2D eigenvalue weighted by Gasteiger charge is -2.32. The summed E-state index contributed by atoms with van der Waals surface area (Å²) in [6.07, 6.45) is 1.19. The number of carboxylic acids is 1. The number of rotatable bonds is 3. The second kappa shape index (κ2) is 6.25. The summed E-state index contributed by atoms with van der Waals surface area (Å²) in [5, 5.41) is 12.8.